The maximum Gasteiger partial charge on any atom is 0.311 e. The first-order valence-corrected chi connectivity index (χ1v) is 6.74. The Labute approximate surface area is 106 Å². The lowest BCUT2D eigenvalue weighted by Crippen LogP contribution is -2.24. The fourth-order valence-electron chi connectivity index (χ4n) is 1.93. The summed E-state index contributed by atoms with van der Waals surface area (Å²) in [6.45, 7) is 7.98. The molecule has 0 saturated heterocycles. The Balaban J connectivity index is 2.89. The predicted octanol–water partition coefficient (Wildman–Crippen LogP) is 2.99. The van der Waals surface area contributed by atoms with Crippen LogP contribution in [0.1, 0.15) is 41.7 Å². The molecule has 1 heterocycles. The van der Waals surface area contributed by atoms with Gasteiger partial charge in [-0.15, -0.1) is 11.3 Å². The third-order valence-corrected chi connectivity index (χ3v) is 3.79. The molecule has 0 spiro atoms. The molecule has 0 fully saturated rings. The van der Waals surface area contributed by atoms with Crippen LogP contribution < -0.4 is 0 Å². The molecule has 2 unspecified atom stereocenters. The van der Waals surface area contributed by atoms with E-state index in [2.05, 4.69) is 0 Å². The molecule has 3 nitrogen and oxygen atoms in total. The molecule has 1 rings (SSSR count). The first-order chi connectivity index (χ1) is 8.01. The highest BCUT2D eigenvalue weighted by atomic mass is 32.1. The molecule has 0 amide bonds. The van der Waals surface area contributed by atoms with Gasteiger partial charge < -0.3 is 9.84 Å². The van der Waals surface area contributed by atoms with E-state index in [1.54, 1.807) is 18.3 Å². The Bertz CT molecular complexity index is 384. The molecule has 0 aliphatic carbocycles. The molecule has 0 bridgehead atoms. The Morgan fingerprint density at radius 2 is 2.12 bits per heavy atom. The summed E-state index contributed by atoms with van der Waals surface area (Å²) in [5.41, 5.74) is 0.854. The van der Waals surface area contributed by atoms with Crippen molar-refractivity contribution in [2.24, 2.45) is 5.92 Å². The standard InChI is InChI=1S/C13H20O3S/c1-5-10(13(15)16-6-2)12(14)11-7-8(3)17-9(11)4/h7,10,12,14H,5-6H2,1-4H3. The summed E-state index contributed by atoms with van der Waals surface area (Å²) in [7, 11) is 0. The number of hydrogen-bond donors (Lipinski definition) is 1. The van der Waals surface area contributed by atoms with Gasteiger partial charge in [0, 0.05) is 9.75 Å². The average Bonchev–Trinajstić information content (AvgIpc) is 2.59. The van der Waals surface area contributed by atoms with E-state index in [1.165, 1.54) is 0 Å². The second-order valence-corrected chi connectivity index (χ2v) is 5.54. The molecule has 17 heavy (non-hydrogen) atoms. The van der Waals surface area contributed by atoms with Gasteiger partial charge in [-0.05, 0) is 38.8 Å². The molecule has 1 aromatic heterocycles. The van der Waals surface area contributed by atoms with Crippen molar-refractivity contribution < 1.29 is 14.6 Å². The van der Waals surface area contributed by atoms with Gasteiger partial charge in [0.25, 0.3) is 0 Å². The van der Waals surface area contributed by atoms with E-state index in [0.717, 1.165) is 15.3 Å². The van der Waals surface area contributed by atoms with Crippen molar-refractivity contribution in [1.82, 2.24) is 0 Å². The lowest BCUT2D eigenvalue weighted by molar-refractivity contribution is -0.152. The SMILES string of the molecule is CCOC(=O)C(CC)C(O)c1cc(C)sc1C. The minimum absolute atomic E-state index is 0.314. The summed E-state index contributed by atoms with van der Waals surface area (Å²) in [6, 6.07) is 1.95. The van der Waals surface area contributed by atoms with Crippen molar-refractivity contribution in [3.63, 3.8) is 0 Å². The Kier molecular flexibility index (Phi) is 5.15. The Morgan fingerprint density at radius 1 is 1.47 bits per heavy atom. The van der Waals surface area contributed by atoms with Gasteiger partial charge in [-0.1, -0.05) is 6.92 Å². The van der Waals surface area contributed by atoms with Crippen molar-refractivity contribution in [2.75, 3.05) is 6.61 Å². The largest absolute Gasteiger partial charge is 0.466 e. The van der Waals surface area contributed by atoms with E-state index in [4.69, 9.17) is 4.74 Å². The summed E-state index contributed by atoms with van der Waals surface area (Å²) in [5, 5.41) is 10.3. The number of ether oxygens (including phenoxy) is 1. The number of aliphatic hydroxyl groups excluding tert-OH is 1. The van der Waals surface area contributed by atoms with Crippen molar-refractivity contribution >= 4 is 17.3 Å². The molecule has 1 aromatic rings. The second-order valence-electron chi connectivity index (χ2n) is 4.08. The minimum atomic E-state index is -0.760. The van der Waals surface area contributed by atoms with Gasteiger partial charge in [0.15, 0.2) is 0 Å². The number of esters is 1. The summed E-state index contributed by atoms with van der Waals surface area (Å²) >= 11 is 1.64. The predicted molar refractivity (Wildman–Crippen MR) is 69.2 cm³/mol. The summed E-state index contributed by atoms with van der Waals surface area (Å²) in [6.07, 6.45) is -0.182. The van der Waals surface area contributed by atoms with Crippen molar-refractivity contribution in [2.45, 2.75) is 40.2 Å². The van der Waals surface area contributed by atoms with Crippen LogP contribution in [0.25, 0.3) is 0 Å². The lowest BCUT2D eigenvalue weighted by Gasteiger charge is -2.20. The number of carbonyl (C=O) groups excluding carboxylic acids is 1. The molecule has 4 heteroatoms. The molecular formula is C13H20O3S. The highest BCUT2D eigenvalue weighted by Gasteiger charge is 2.29. The zero-order valence-corrected chi connectivity index (χ0v) is 11.6. The molecule has 96 valence electrons. The van der Waals surface area contributed by atoms with E-state index < -0.39 is 12.0 Å². The minimum Gasteiger partial charge on any atom is -0.466 e. The zero-order valence-electron chi connectivity index (χ0n) is 10.8. The van der Waals surface area contributed by atoms with Crippen LogP contribution in [0.5, 0.6) is 0 Å². The molecule has 1 N–H and O–H groups in total. The quantitative estimate of drug-likeness (QED) is 0.824. The second kappa shape index (κ2) is 6.17. The number of aryl methyl sites for hydroxylation is 2. The molecule has 0 aliphatic heterocycles. The highest BCUT2D eigenvalue weighted by Crippen LogP contribution is 2.32. The van der Waals surface area contributed by atoms with Crippen molar-refractivity contribution in [1.29, 1.82) is 0 Å². The fourth-order valence-corrected chi connectivity index (χ4v) is 2.90. The molecular weight excluding hydrogens is 236 g/mol. The molecule has 2 atom stereocenters. The van der Waals surface area contributed by atoms with Gasteiger partial charge in [-0.25, -0.2) is 0 Å². The Hall–Kier alpha value is -0.870. The third kappa shape index (κ3) is 3.30. The zero-order chi connectivity index (χ0) is 13.0. The highest BCUT2D eigenvalue weighted by molar-refractivity contribution is 7.12. The summed E-state index contributed by atoms with van der Waals surface area (Å²) < 4.78 is 4.99. The maximum absolute atomic E-state index is 11.7. The van der Waals surface area contributed by atoms with Gasteiger partial charge >= 0.3 is 5.97 Å². The topological polar surface area (TPSA) is 46.5 Å². The average molecular weight is 256 g/mol. The number of carbonyl (C=O) groups is 1. The third-order valence-electron chi connectivity index (χ3n) is 2.81. The summed E-state index contributed by atoms with van der Waals surface area (Å²) in [5.74, 6) is -0.784. The number of rotatable bonds is 5. The van der Waals surface area contributed by atoms with Crippen LogP contribution in [0.15, 0.2) is 6.07 Å². The lowest BCUT2D eigenvalue weighted by atomic mass is 9.94. The van der Waals surface area contributed by atoms with Crippen LogP contribution in [0.3, 0.4) is 0 Å². The van der Waals surface area contributed by atoms with Gasteiger partial charge in [-0.2, -0.15) is 0 Å². The number of hydrogen-bond acceptors (Lipinski definition) is 4. The van der Waals surface area contributed by atoms with Gasteiger partial charge in [-0.3, -0.25) is 4.79 Å². The van der Waals surface area contributed by atoms with Crippen LogP contribution in [0, 0.1) is 19.8 Å². The van der Waals surface area contributed by atoms with Gasteiger partial charge in [0.2, 0.25) is 0 Å². The van der Waals surface area contributed by atoms with E-state index >= 15 is 0 Å². The van der Waals surface area contributed by atoms with Crippen LogP contribution in [0.2, 0.25) is 0 Å². The van der Waals surface area contributed by atoms with Crippen LogP contribution in [-0.4, -0.2) is 17.7 Å². The molecule has 0 radical (unpaired) electrons. The van der Waals surface area contributed by atoms with Crippen LogP contribution in [0.4, 0.5) is 0 Å². The molecule has 0 aromatic carbocycles. The monoisotopic (exact) mass is 256 g/mol. The normalized spacial score (nSPS) is 14.4. The molecule has 0 aliphatic rings. The van der Waals surface area contributed by atoms with Gasteiger partial charge in [0.05, 0.1) is 18.6 Å². The first kappa shape index (κ1) is 14.2. The molecule has 0 saturated carbocycles. The van der Waals surface area contributed by atoms with Crippen molar-refractivity contribution in [3.8, 4) is 0 Å². The fraction of sp³-hybridized carbons (Fsp3) is 0.615. The first-order valence-electron chi connectivity index (χ1n) is 5.92. The number of thiophene rings is 1. The van der Waals surface area contributed by atoms with E-state index in [9.17, 15) is 9.90 Å². The van der Waals surface area contributed by atoms with E-state index in [-0.39, 0.29) is 5.97 Å². The smallest absolute Gasteiger partial charge is 0.311 e. The van der Waals surface area contributed by atoms with E-state index in [0.29, 0.717) is 13.0 Å². The summed E-state index contributed by atoms with van der Waals surface area (Å²) in [4.78, 5) is 13.9. The van der Waals surface area contributed by atoms with E-state index in [1.807, 2.05) is 26.8 Å². The van der Waals surface area contributed by atoms with Gasteiger partial charge in [0.1, 0.15) is 0 Å². The van der Waals surface area contributed by atoms with Crippen molar-refractivity contribution in [3.05, 3.63) is 21.4 Å². The van der Waals surface area contributed by atoms with Crippen LogP contribution >= 0.6 is 11.3 Å². The maximum atomic E-state index is 11.7. The number of aliphatic hydroxyl groups is 1. The van der Waals surface area contributed by atoms with Crippen LogP contribution in [-0.2, 0) is 9.53 Å². The Morgan fingerprint density at radius 3 is 2.53 bits per heavy atom.